The Kier molecular flexibility index (Phi) is 16.0. The van der Waals surface area contributed by atoms with Crippen LogP contribution in [0, 0.1) is 11.8 Å². The van der Waals surface area contributed by atoms with Gasteiger partial charge in [-0.1, -0.05) is 20.3 Å². The Morgan fingerprint density at radius 2 is 1.92 bits per heavy atom. The van der Waals surface area contributed by atoms with Crippen LogP contribution < -0.4 is 10.6 Å². The highest BCUT2D eigenvalue weighted by atomic mass is 127. The maximum atomic E-state index is 9.18. The fourth-order valence-corrected chi connectivity index (χ4v) is 3.05. The van der Waals surface area contributed by atoms with E-state index in [9.17, 15) is 5.11 Å². The van der Waals surface area contributed by atoms with Crippen LogP contribution in [0.5, 0.6) is 0 Å². The topological polar surface area (TPSA) is 69.1 Å². The van der Waals surface area contributed by atoms with E-state index in [-0.39, 0.29) is 30.6 Å². The summed E-state index contributed by atoms with van der Waals surface area (Å²) in [5.74, 6) is 1.93. The highest BCUT2D eigenvalue weighted by molar-refractivity contribution is 14.0. The molecule has 1 saturated heterocycles. The van der Waals surface area contributed by atoms with Crippen molar-refractivity contribution >= 4 is 29.9 Å². The van der Waals surface area contributed by atoms with Crippen molar-refractivity contribution in [2.45, 2.75) is 40.0 Å². The van der Waals surface area contributed by atoms with Crippen molar-refractivity contribution in [2.75, 3.05) is 59.1 Å². The molecule has 1 aliphatic heterocycles. The monoisotopic (exact) mass is 470 g/mol. The number of nitrogens with one attached hydrogen (secondary N) is 2. The van der Waals surface area contributed by atoms with E-state index in [4.69, 9.17) is 9.73 Å². The van der Waals surface area contributed by atoms with Crippen LogP contribution in [0.2, 0.25) is 0 Å². The highest BCUT2D eigenvalue weighted by Gasteiger charge is 2.14. The van der Waals surface area contributed by atoms with Crippen LogP contribution in [-0.2, 0) is 4.74 Å². The Morgan fingerprint density at radius 1 is 1.20 bits per heavy atom. The van der Waals surface area contributed by atoms with Crippen LogP contribution in [0.25, 0.3) is 0 Å². The number of aliphatic hydroxyl groups is 1. The summed E-state index contributed by atoms with van der Waals surface area (Å²) in [5, 5.41) is 15.9. The summed E-state index contributed by atoms with van der Waals surface area (Å²) in [5.41, 5.74) is 0. The van der Waals surface area contributed by atoms with Gasteiger partial charge in [-0.2, -0.15) is 0 Å². The second-order valence-electron chi connectivity index (χ2n) is 6.79. The van der Waals surface area contributed by atoms with Crippen molar-refractivity contribution in [3.05, 3.63) is 0 Å². The number of hydrogen-bond acceptors (Lipinski definition) is 4. The van der Waals surface area contributed by atoms with Gasteiger partial charge in [0.15, 0.2) is 5.96 Å². The Balaban J connectivity index is 0.00000576. The van der Waals surface area contributed by atoms with Crippen molar-refractivity contribution in [1.82, 2.24) is 15.5 Å². The van der Waals surface area contributed by atoms with E-state index in [2.05, 4.69) is 36.3 Å². The van der Waals surface area contributed by atoms with E-state index in [1.807, 2.05) is 0 Å². The molecule has 0 spiro atoms. The first-order chi connectivity index (χ1) is 11.7. The van der Waals surface area contributed by atoms with Crippen LogP contribution in [0.1, 0.15) is 40.0 Å². The van der Waals surface area contributed by atoms with Gasteiger partial charge in [0, 0.05) is 45.9 Å². The largest absolute Gasteiger partial charge is 0.396 e. The summed E-state index contributed by atoms with van der Waals surface area (Å²) in [4.78, 5) is 7.21. The summed E-state index contributed by atoms with van der Waals surface area (Å²) < 4.78 is 5.40. The second kappa shape index (κ2) is 16.1. The Hall–Kier alpha value is -0.120. The molecule has 0 bridgehead atoms. The van der Waals surface area contributed by atoms with Gasteiger partial charge in [-0.25, -0.2) is 0 Å². The SMILES string of the molecule is CCCC(CCO)CNC(=NCC(C)CN1CCOCC1)NCC.I. The molecule has 0 saturated carbocycles. The Labute approximate surface area is 171 Å². The third-order valence-corrected chi connectivity index (χ3v) is 4.37. The molecule has 6 nitrogen and oxygen atoms in total. The molecule has 0 aliphatic carbocycles. The standard InChI is InChI=1S/C18H38N4O2.HI/c1-4-6-17(7-10-23)14-21-18(19-5-2)20-13-16(3)15-22-8-11-24-12-9-22;/h16-17,23H,4-15H2,1-3H3,(H2,19,20,21);1H. The number of nitrogens with zero attached hydrogens (tertiary/aromatic N) is 2. The van der Waals surface area contributed by atoms with E-state index < -0.39 is 0 Å². The minimum atomic E-state index is 0. The van der Waals surface area contributed by atoms with Gasteiger partial charge in [0.05, 0.1) is 13.2 Å². The summed E-state index contributed by atoms with van der Waals surface area (Å²) in [6.07, 6.45) is 3.14. The van der Waals surface area contributed by atoms with Crippen LogP contribution in [0.15, 0.2) is 4.99 Å². The van der Waals surface area contributed by atoms with Gasteiger partial charge in [-0.3, -0.25) is 9.89 Å². The lowest BCUT2D eigenvalue weighted by Crippen LogP contribution is -2.41. The lowest BCUT2D eigenvalue weighted by atomic mass is 10.0. The van der Waals surface area contributed by atoms with Gasteiger partial charge in [-0.15, -0.1) is 24.0 Å². The van der Waals surface area contributed by atoms with Gasteiger partial charge in [0.25, 0.3) is 0 Å². The summed E-state index contributed by atoms with van der Waals surface area (Å²) in [6, 6.07) is 0. The lowest BCUT2D eigenvalue weighted by Gasteiger charge is -2.28. The zero-order valence-electron chi connectivity index (χ0n) is 16.3. The molecule has 1 rings (SSSR count). The molecule has 1 heterocycles. The van der Waals surface area contributed by atoms with Crippen LogP contribution >= 0.6 is 24.0 Å². The molecule has 2 unspecified atom stereocenters. The summed E-state index contributed by atoms with van der Waals surface area (Å²) in [6.45, 7) is 14.2. The fourth-order valence-electron chi connectivity index (χ4n) is 3.05. The van der Waals surface area contributed by atoms with Crippen LogP contribution in [0.4, 0.5) is 0 Å². The quantitative estimate of drug-likeness (QED) is 0.245. The lowest BCUT2D eigenvalue weighted by molar-refractivity contribution is 0.0323. The van der Waals surface area contributed by atoms with Gasteiger partial charge in [0.2, 0.25) is 0 Å². The van der Waals surface area contributed by atoms with Gasteiger partial charge >= 0.3 is 0 Å². The van der Waals surface area contributed by atoms with E-state index in [0.29, 0.717) is 11.8 Å². The van der Waals surface area contributed by atoms with Crippen LogP contribution in [-0.4, -0.2) is 75.1 Å². The van der Waals surface area contributed by atoms with E-state index >= 15 is 0 Å². The average molecular weight is 470 g/mol. The molecule has 25 heavy (non-hydrogen) atoms. The van der Waals surface area contributed by atoms with E-state index in [0.717, 1.165) is 77.7 Å². The fraction of sp³-hybridized carbons (Fsp3) is 0.944. The van der Waals surface area contributed by atoms with Crippen molar-refractivity contribution in [3.8, 4) is 0 Å². The number of ether oxygens (including phenoxy) is 1. The molecule has 150 valence electrons. The molecule has 2 atom stereocenters. The molecule has 0 aromatic rings. The maximum Gasteiger partial charge on any atom is 0.191 e. The zero-order valence-corrected chi connectivity index (χ0v) is 18.6. The molecular formula is C18H39IN4O2. The number of morpholine rings is 1. The number of aliphatic hydroxyl groups excluding tert-OH is 1. The average Bonchev–Trinajstić information content (AvgIpc) is 2.58. The summed E-state index contributed by atoms with van der Waals surface area (Å²) in [7, 11) is 0. The Morgan fingerprint density at radius 3 is 2.52 bits per heavy atom. The van der Waals surface area contributed by atoms with Gasteiger partial charge in [0.1, 0.15) is 0 Å². The van der Waals surface area contributed by atoms with Crippen molar-refractivity contribution in [3.63, 3.8) is 0 Å². The second-order valence-corrected chi connectivity index (χ2v) is 6.79. The van der Waals surface area contributed by atoms with E-state index in [1.165, 1.54) is 0 Å². The first-order valence-corrected chi connectivity index (χ1v) is 9.62. The molecule has 0 radical (unpaired) electrons. The van der Waals surface area contributed by atoms with Gasteiger partial charge in [-0.05, 0) is 31.6 Å². The van der Waals surface area contributed by atoms with Crippen molar-refractivity contribution in [1.29, 1.82) is 0 Å². The zero-order chi connectivity index (χ0) is 17.6. The molecule has 7 heteroatoms. The molecule has 1 aliphatic rings. The molecule has 0 aromatic heterocycles. The smallest absolute Gasteiger partial charge is 0.191 e. The highest BCUT2D eigenvalue weighted by Crippen LogP contribution is 2.09. The van der Waals surface area contributed by atoms with Gasteiger partial charge < -0.3 is 20.5 Å². The molecule has 0 amide bonds. The van der Waals surface area contributed by atoms with Crippen molar-refractivity contribution < 1.29 is 9.84 Å². The number of aliphatic imine (C=N–C) groups is 1. The third kappa shape index (κ3) is 12.0. The molecular weight excluding hydrogens is 431 g/mol. The normalized spacial score (nSPS) is 18.3. The number of hydrogen-bond donors (Lipinski definition) is 3. The molecule has 0 aromatic carbocycles. The minimum absolute atomic E-state index is 0. The maximum absolute atomic E-state index is 9.18. The first-order valence-electron chi connectivity index (χ1n) is 9.62. The number of guanidine groups is 1. The van der Waals surface area contributed by atoms with Crippen molar-refractivity contribution in [2.24, 2.45) is 16.8 Å². The predicted octanol–water partition coefficient (Wildman–Crippen LogP) is 1.93. The van der Waals surface area contributed by atoms with E-state index in [1.54, 1.807) is 0 Å². The molecule has 3 N–H and O–H groups in total. The number of halogens is 1. The van der Waals surface area contributed by atoms with Crippen LogP contribution in [0.3, 0.4) is 0 Å². The third-order valence-electron chi connectivity index (χ3n) is 4.37. The number of rotatable bonds is 11. The Bertz CT molecular complexity index is 333. The summed E-state index contributed by atoms with van der Waals surface area (Å²) >= 11 is 0. The first kappa shape index (κ1) is 24.9. The predicted molar refractivity (Wildman–Crippen MR) is 116 cm³/mol. The molecule has 1 fully saturated rings. The minimum Gasteiger partial charge on any atom is -0.396 e.